The van der Waals surface area contributed by atoms with Crippen LogP contribution in [0.1, 0.15) is 30.4 Å². The molecule has 2 aliphatic heterocycles. The lowest BCUT2D eigenvalue weighted by Gasteiger charge is -2.43. The van der Waals surface area contributed by atoms with Crippen LogP contribution in [0.4, 0.5) is 5.82 Å². The lowest BCUT2D eigenvalue weighted by Crippen LogP contribution is -2.56. The molecule has 0 radical (unpaired) electrons. The molecule has 7 nitrogen and oxygen atoms in total. The second-order valence-corrected chi connectivity index (χ2v) is 9.81. The SMILES string of the molecule is Cc1cccc(C)c1-c1ccc(N2CCN(CC(=O)N3CCN(C4CCC4)CC3)CC2)nn1. The van der Waals surface area contributed by atoms with Crippen LogP contribution in [0.5, 0.6) is 0 Å². The topological polar surface area (TPSA) is 55.8 Å². The second kappa shape index (κ2) is 9.77. The summed E-state index contributed by atoms with van der Waals surface area (Å²) in [6.07, 6.45) is 4.06. The summed E-state index contributed by atoms with van der Waals surface area (Å²) >= 11 is 0. The summed E-state index contributed by atoms with van der Waals surface area (Å²) in [7, 11) is 0. The number of nitrogens with zero attached hydrogens (tertiary/aromatic N) is 6. The molecule has 0 bridgehead atoms. The molecular formula is C26H36N6O. The van der Waals surface area contributed by atoms with E-state index < -0.39 is 0 Å². The molecule has 3 aliphatic rings. The van der Waals surface area contributed by atoms with Crippen molar-refractivity contribution >= 4 is 11.7 Å². The van der Waals surface area contributed by atoms with E-state index in [1.165, 1.54) is 36.0 Å². The maximum atomic E-state index is 12.8. The normalized spacial score (nSPS) is 20.7. The number of piperazine rings is 2. The Hall–Kier alpha value is -2.51. The fourth-order valence-electron chi connectivity index (χ4n) is 5.36. The fourth-order valence-corrected chi connectivity index (χ4v) is 5.36. The molecule has 0 N–H and O–H groups in total. The van der Waals surface area contributed by atoms with E-state index in [1.807, 2.05) is 0 Å². The zero-order valence-electron chi connectivity index (χ0n) is 20.0. The summed E-state index contributed by atoms with van der Waals surface area (Å²) in [5.41, 5.74) is 4.55. The van der Waals surface area contributed by atoms with Gasteiger partial charge in [0.15, 0.2) is 5.82 Å². The third-order valence-electron chi connectivity index (χ3n) is 7.70. The van der Waals surface area contributed by atoms with Crippen molar-refractivity contribution in [3.63, 3.8) is 0 Å². The molecule has 3 heterocycles. The number of hydrogen-bond acceptors (Lipinski definition) is 6. The van der Waals surface area contributed by atoms with Crippen LogP contribution in [0.25, 0.3) is 11.3 Å². The van der Waals surface area contributed by atoms with Gasteiger partial charge in [0, 0.05) is 64.0 Å². The monoisotopic (exact) mass is 448 g/mol. The van der Waals surface area contributed by atoms with Crippen LogP contribution >= 0.6 is 0 Å². The van der Waals surface area contributed by atoms with Crippen LogP contribution in [0.2, 0.25) is 0 Å². The predicted octanol–water partition coefficient (Wildman–Crippen LogP) is 2.58. The molecule has 0 spiro atoms. The minimum absolute atomic E-state index is 0.287. The minimum atomic E-state index is 0.287. The van der Waals surface area contributed by atoms with E-state index in [0.717, 1.165) is 69.9 Å². The van der Waals surface area contributed by atoms with Gasteiger partial charge in [-0.2, -0.15) is 0 Å². The highest BCUT2D eigenvalue weighted by Crippen LogP contribution is 2.27. The zero-order valence-corrected chi connectivity index (χ0v) is 20.0. The van der Waals surface area contributed by atoms with E-state index in [-0.39, 0.29) is 5.91 Å². The van der Waals surface area contributed by atoms with Gasteiger partial charge in [0.1, 0.15) is 0 Å². The number of benzene rings is 1. The quantitative estimate of drug-likeness (QED) is 0.701. The van der Waals surface area contributed by atoms with Crippen LogP contribution in [0.3, 0.4) is 0 Å². The molecule has 1 amide bonds. The Bertz CT molecular complexity index is 937. The average Bonchev–Trinajstić information content (AvgIpc) is 2.79. The van der Waals surface area contributed by atoms with Gasteiger partial charge in [0.2, 0.25) is 5.91 Å². The highest BCUT2D eigenvalue weighted by Gasteiger charge is 2.30. The predicted molar refractivity (Wildman–Crippen MR) is 131 cm³/mol. The van der Waals surface area contributed by atoms with Crippen molar-refractivity contribution in [2.24, 2.45) is 0 Å². The van der Waals surface area contributed by atoms with Gasteiger partial charge in [-0.15, -0.1) is 10.2 Å². The Morgan fingerprint density at radius 3 is 2.15 bits per heavy atom. The molecule has 0 atom stereocenters. The second-order valence-electron chi connectivity index (χ2n) is 9.81. The number of aryl methyl sites for hydroxylation is 2. The van der Waals surface area contributed by atoms with Crippen molar-refractivity contribution in [1.29, 1.82) is 0 Å². The Balaban J connectivity index is 1.10. The minimum Gasteiger partial charge on any atom is -0.353 e. The van der Waals surface area contributed by atoms with Crippen molar-refractivity contribution in [2.75, 3.05) is 63.8 Å². The van der Waals surface area contributed by atoms with Gasteiger partial charge in [-0.3, -0.25) is 14.6 Å². The molecule has 5 rings (SSSR count). The van der Waals surface area contributed by atoms with Gasteiger partial charge < -0.3 is 9.80 Å². The van der Waals surface area contributed by atoms with Gasteiger partial charge >= 0.3 is 0 Å². The van der Waals surface area contributed by atoms with Gasteiger partial charge in [0.25, 0.3) is 0 Å². The Kier molecular flexibility index (Phi) is 6.60. The number of aromatic nitrogens is 2. The summed E-state index contributed by atoms with van der Waals surface area (Å²) < 4.78 is 0. The molecule has 1 aliphatic carbocycles. The first-order valence-electron chi connectivity index (χ1n) is 12.5. The maximum Gasteiger partial charge on any atom is 0.236 e. The molecular weight excluding hydrogens is 412 g/mol. The largest absolute Gasteiger partial charge is 0.353 e. The highest BCUT2D eigenvalue weighted by atomic mass is 16.2. The first-order chi connectivity index (χ1) is 16.1. The summed E-state index contributed by atoms with van der Waals surface area (Å²) in [4.78, 5) is 22.1. The number of rotatable bonds is 5. The van der Waals surface area contributed by atoms with Crippen molar-refractivity contribution in [3.05, 3.63) is 41.5 Å². The molecule has 7 heteroatoms. The van der Waals surface area contributed by atoms with Crippen LogP contribution < -0.4 is 4.90 Å². The van der Waals surface area contributed by atoms with Crippen molar-refractivity contribution in [2.45, 2.75) is 39.2 Å². The summed E-state index contributed by atoms with van der Waals surface area (Å²) in [5.74, 6) is 1.21. The number of hydrogen-bond donors (Lipinski definition) is 0. The summed E-state index contributed by atoms with van der Waals surface area (Å²) in [5, 5.41) is 9.06. The molecule has 1 aromatic heterocycles. The number of carbonyl (C=O) groups excluding carboxylic acids is 1. The molecule has 2 aromatic rings. The molecule has 176 valence electrons. The smallest absolute Gasteiger partial charge is 0.236 e. The van der Waals surface area contributed by atoms with Crippen molar-refractivity contribution in [1.82, 2.24) is 24.9 Å². The van der Waals surface area contributed by atoms with E-state index in [2.05, 4.69) is 74.0 Å². The third kappa shape index (κ3) is 4.89. The first kappa shape index (κ1) is 22.3. The average molecular weight is 449 g/mol. The Morgan fingerprint density at radius 1 is 0.879 bits per heavy atom. The van der Waals surface area contributed by atoms with Gasteiger partial charge in [-0.05, 0) is 49.9 Å². The van der Waals surface area contributed by atoms with E-state index in [0.29, 0.717) is 6.54 Å². The standard InChI is InChI=1S/C26H36N6O/c1-20-5-3-6-21(2)26(20)23-9-10-24(28-27-23)31-13-11-29(12-14-31)19-25(33)32-17-15-30(16-18-32)22-7-4-8-22/h3,5-6,9-10,22H,4,7-8,11-19H2,1-2H3. The first-order valence-corrected chi connectivity index (χ1v) is 12.5. The molecule has 3 fully saturated rings. The molecule has 1 saturated carbocycles. The molecule has 2 saturated heterocycles. The third-order valence-corrected chi connectivity index (χ3v) is 7.70. The lowest BCUT2D eigenvalue weighted by molar-refractivity contribution is -0.134. The van der Waals surface area contributed by atoms with Crippen LogP contribution in [0.15, 0.2) is 30.3 Å². The molecule has 1 aromatic carbocycles. The van der Waals surface area contributed by atoms with E-state index in [4.69, 9.17) is 0 Å². The number of carbonyl (C=O) groups is 1. The Labute approximate surface area is 197 Å². The Morgan fingerprint density at radius 2 is 1.58 bits per heavy atom. The van der Waals surface area contributed by atoms with Gasteiger partial charge in [-0.25, -0.2) is 0 Å². The molecule has 0 unspecified atom stereocenters. The fraction of sp³-hybridized carbons (Fsp3) is 0.577. The van der Waals surface area contributed by atoms with Crippen LogP contribution in [-0.4, -0.2) is 95.7 Å². The number of anilines is 1. The maximum absolute atomic E-state index is 12.8. The van der Waals surface area contributed by atoms with Gasteiger partial charge in [0.05, 0.1) is 12.2 Å². The van der Waals surface area contributed by atoms with E-state index in [1.54, 1.807) is 0 Å². The number of amides is 1. The lowest BCUT2D eigenvalue weighted by atomic mass is 9.91. The van der Waals surface area contributed by atoms with Gasteiger partial charge in [-0.1, -0.05) is 24.6 Å². The summed E-state index contributed by atoms with van der Waals surface area (Å²) in [6.45, 7) is 12.1. The summed E-state index contributed by atoms with van der Waals surface area (Å²) in [6, 6.07) is 11.3. The molecule has 33 heavy (non-hydrogen) atoms. The highest BCUT2D eigenvalue weighted by molar-refractivity contribution is 5.78. The van der Waals surface area contributed by atoms with Crippen LogP contribution in [0, 0.1) is 13.8 Å². The van der Waals surface area contributed by atoms with Crippen molar-refractivity contribution < 1.29 is 4.79 Å². The van der Waals surface area contributed by atoms with E-state index in [9.17, 15) is 4.79 Å². The van der Waals surface area contributed by atoms with Crippen LogP contribution in [-0.2, 0) is 4.79 Å². The zero-order chi connectivity index (χ0) is 22.8. The van der Waals surface area contributed by atoms with Crippen molar-refractivity contribution in [3.8, 4) is 11.3 Å². The van der Waals surface area contributed by atoms with E-state index >= 15 is 0 Å².